The van der Waals surface area contributed by atoms with Crippen molar-refractivity contribution in [3.8, 4) is 0 Å². The second kappa shape index (κ2) is 5.93. The Morgan fingerprint density at radius 1 is 1.19 bits per heavy atom. The van der Waals surface area contributed by atoms with Crippen LogP contribution in [-0.2, 0) is 16.6 Å². The van der Waals surface area contributed by atoms with E-state index in [0.717, 1.165) is 5.56 Å². The maximum Gasteiger partial charge on any atom is 0.238 e. The molecule has 0 fully saturated rings. The predicted molar refractivity (Wildman–Crippen MR) is 85.8 cm³/mol. The van der Waals surface area contributed by atoms with E-state index >= 15 is 0 Å². The van der Waals surface area contributed by atoms with Crippen molar-refractivity contribution in [1.29, 1.82) is 0 Å². The zero-order valence-electron chi connectivity index (χ0n) is 11.5. The molecule has 0 aliphatic carbocycles. The van der Waals surface area contributed by atoms with Gasteiger partial charge in [-0.15, -0.1) is 0 Å². The predicted octanol–water partition coefficient (Wildman–Crippen LogP) is 2.21. The molecule has 4 N–H and O–H groups in total. The number of hydrogen-bond acceptors (Lipinski definition) is 4. The number of nitrogens with zero attached hydrogens (tertiary/aromatic N) is 1. The molecule has 0 saturated heterocycles. The SMILES string of the molecule is CN(Cc1cccc(Cl)c1)c1cc(S(N)(=O)=O)ccc1N. The van der Waals surface area contributed by atoms with Gasteiger partial charge in [-0.2, -0.15) is 0 Å². The number of nitrogen functional groups attached to an aromatic ring is 1. The molecule has 112 valence electrons. The van der Waals surface area contributed by atoms with Gasteiger partial charge in [-0.3, -0.25) is 0 Å². The molecule has 0 unspecified atom stereocenters. The molecule has 5 nitrogen and oxygen atoms in total. The van der Waals surface area contributed by atoms with E-state index in [1.807, 2.05) is 30.1 Å². The van der Waals surface area contributed by atoms with Gasteiger partial charge in [0.15, 0.2) is 0 Å². The summed E-state index contributed by atoms with van der Waals surface area (Å²) in [6.07, 6.45) is 0. The van der Waals surface area contributed by atoms with Gasteiger partial charge in [0.1, 0.15) is 0 Å². The lowest BCUT2D eigenvalue weighted by Crippen LogP contribution is -2.19. The van der Waals surface area contributed by atoms with E-state index in [0.29, 0.717) is 22.9 Å². The molecule has 0 aromatic heterocycles. The van der Waals surface area contributed by atoms with Crippen LogP contribution in [-0.4, -0.2) is 15.5 Å². The van der Waals surface area contributed by atoms with Crippen molar-refractivity contribution in [2.45, 2.75) is 11.4 Å². The van der Waals surface area contributed by atoms with Gasteiger partial charge < -0.3 is 10.6 Å². The highest BCUT2D eigenvalue weighted by atomic mass is 35.5. The molecule has 0 radical (unpaired) electrons. The first-order chi connectivity index (χ1) is 9.77. The zero-order valence-corrected chi connectivity index (χ0v) is 13.0. The number of primary sulfonamides is 1. The average molecular weight is 326 g/mol. The molecule has 0 bridgehead atoms. The molecule has 0 aliphatic rings. The van der Waals surface area contributed by atoms with Crippen LogP contribution in [0.3, 0.4) is 0 Å². The van der Waals surface area contributed by atoms with Crippen LogP contribution in [0.5, 0.6) is 0 Å². The number of benzene rings is 2. The van der Waals surface area contributed by atoms with Gasteiger partial charge in [-0.25, -0.2) is 13.6 Å². The van der Waals surface area contributed by atoms with Gasteiger partial charge >= 0.3 is 0 Å². The maximum atomic E-state index is 11.4. The number of nitrogens with two attached hydrogens (primary N) is 2. The lowest BCUT2D eigenvalue weighted by Gasteiger charge is -2.22. The van der Waals surface area contributed by atoms with Crippen LogP contribution in [0.15, 0.2) is 47.4 Å². The number of anilines is 2. The summed E-state index contributed by atoms with van der Waals surface area (Å²) in [7, 11) is -1.94. The van der Waals surface area contributed by atoms with E-state index < -0.39 is 10.0 Å². The van der Waals surface area contributed by atoms with Crippen LogP contribution in [0.4, 0.5) is 11.4 Å². The Hall–Kier alpha value is -1.76. The third-order valence-corrected chi connectivity index (χ3v) is 4.20. The summed E-state index contributed by atoms with van der Waals surface area (Å²) in [5, 5.41) is 5.79. The number of halogens is 1. The van der Waals surface area contributed by atoms with E-state index in [1.54, 1.807) is 6.07 Å². The van der Waals surface area contributed by atoms with Crippen molar-refractivity contribution in [2.24, 2.45) is 5.14 Å². The Balaban J connectivity index is 2.32. The molecule has 0 heterocycles. The minimum atomic E-state index is -3.76. The van der Waals surface area contributed by atoms with E-state index in [4.69, 9.17) is 22.5 Å². The zero-order chi connectivity index (χ0) is 15.6. The average Bonchev–Trinajstić information content (AvgIpc) is 2.37. The van der Waals surface area contributed by atoms with Crippen molar-refractivity contribution in [1.82, 2.24) is 0 Å². The molecule has 0 saturated carbocycles. The van der Waals surface area contributed by atoms with Gasteiger partial charge in [0.05, 0.1) is 16.3 Å². The Morgan fingerprint density at radius 3 is 2.52 bits per heavy atom. The van der Waals surface area contributed by atoms with Crippen LogP contribution < -0.4 is 15.8 Å². The molecule has 7 heteroatoms. The van der Waals surface area contributed by atoms with Gasteiger partial charge in [0.25, 0.3) is 0 Å². The topological polar surface area (TPSA) is 89.4 Å². The summed E-state index contributed by atoms with van der Waals surface area (Å²) < 4.78 is 22.8. The largest absolute Gasteiger partial charge is 0.397 e. The minimum Gasteiger partial charge on any atom is -0.397 e. The van der Waals surface area contributed by atoms with Gasteiger partial charge in [0, 0.05) is 18.6 Å². The van der Waals surface area contributed by atoms with Crippen molar-refractivity contribution < 1.29 is 8.42 Å². The smallest absolute Gasteiger partial charge is 0.238 e. The first-order valence-electron chi connectivity index (χ1n) is 6.15. The standard InChI is InChI=1S/C14H16ClN3O2S/c1-18(9-10-3-2-4-11(15)7-10)14-8-12(21(17,19)20)5-6-13(14)16/h2-8H,9,16H2,1H3,(H2,17,19,20). The normalized spacial score (nSPS) is 11.4. The Labute approximate surface area is 129 Å². The molecule has 2 aromatic rings. The number of hydrogen-bond donors (Lipinski definition) is 2. The second-order valence-electron chi connectivity index (χ2n) is 4.75. The summed E-state index contributed by atoms with van der Waals surface area (Å²) in [6, 6.07) is 11.8. The van der Waals surface area contributed by atoms with Crippen LogP contribution in [0, 0.1) is 0 Å². The van der Waals surface area contributed by atoms with Crippen molar-refractivity contribution in [3.63, 3.8) is 0 Å². The third kappa shape index (κ3) is 3.87. The highest BCUT2D eigenvalue weighted by Crippen LogP contribution is 2.27. The summed E-state index contributed by atoms with van der Waals surface area (Å²) in [6.45, 7) is 0.541. The Kier molecular flexibility index (Phi) is 4.41. The van der Waals surface area contributed by atoms with Gasteiger partial charge in [-0.1, -0.05) is 23.7 Å². The van der Waals surface area contributed by atoms with Crippen LogP contribution in [0.2, 0.25) is 5.02 Å². The van der Waals surface area contributed by atoms with Crippen molar-refractivity contribution >= 4 is 33.0 Å². The summed E-state index contributed by atoms with van der Waals surface area (Å²) >= 11 is 5.95. The van der Waals surface area contributed by atoms with Gasteiger partial charge in [0.2, 0.25) is 10.0 Å². The minimum absolute atomic E-state index is 0.0321. The number of rotatable bonds is 4. The summed E-state index contributed by atoms with van der Waals surface area (Å²) in [5.41, 5.74) is 7.98. The fraction of sp³-hybridized carbons (Fsp3) is 0.143. The first-order valence-corrected chi connectivity index (χ1v) is 8.08. The third-order valence-electron chi connectivity index (χ3n) is 3.05. The second-order valence-corrected chi connectivity index (χ2v) is 6.75. The fourth-order valence-corrected chi connectivity index (χ4v) is 2.77. The van der Waals surface area contributed by atoms with Crippen LogP contribution in [0.1, 0.15) is 5.56 Å². The lowest BCUT2D eigenvalue weighted by atomic mass is 10.2. The molecule has 0 spiro atoms. The molecule has 2 aromatic carbocycles. The Bertz CT molecular complexity index is 763. The van der Waals surface area contributed by atoms with E-state index in [9.17, 15) is 8.42 Å². The molecule has 0 atom stereocenters. The molecule has 0 amide bonds. The van der Waals surface area contributed by atoms with E-state index in [2.05, 4.69) is 0 Å². The molecular formula is C14H16ClN3O2S. The molecular weight excluding hydrogens is 310 g/mol. The number of sulfonamides is 1. The highest BCUT2D eigenvalue weighted by molar-refractivity contribution is 7.89. The molecule has 0 aliphatic heterocycles. The monoisotopic (exact) mass is 325 g/mol. The van der Waals surface area contributed by atoms with Crippen LogP contribution in [0.25, 0.3) is 0 Å². The summed E-state index contributed by atoms with van der Waals surface area (Å²) in [5.74, 6) is 0. The Morgan fingerprint density at radius 2 is 1.90 bits per heavy atom. The van der Waals surface area contributed by atoms with E-state index in [-0.39, 0.29) is 4.90 Å². The van der Waals surface area contributed by atoms with Crippen molar-refractivity contribution in [3.05, 3.63) is 53.1 Å². The van der Waals surface area contributed by atoms with E-state index in [1.165, 1.54) is 18.2 Å². The first kappa shape index (κ1) is 15.6. The van der Waals surface area contributed by atoms with Crippen molar-refractivity contribution in [2.75, 3.05) is 17.7 Å². The molecule has 2 rings (SSSR count). The molecule has 21 heavy (non-hydrogen) atoms. The lowest BCUT2D eigenvalue weighted by molar-refractivity contribution is 0.598. The summed E-state index contributed by atoms with van der Waals surface area (Å²) in [4.78, 5) is 1.88. The van der Waals surface area contributed by atoms with Gasteiger partial charge in [-0.05, 0) is 35.9 Å². The fourth-order valence-electron chi connectivity index (χ4n) is 2.03. The highest BCUT2D eigenvalue weighted by Gasteiger charge is 2.13. The van der Waals surface area contributed by atoms with Crippen LogP contribution >= 0.6 is 11.6 Å². The maximum absolute atomic E-state index is 11.4. The quantitative estimate of drug-likeness (QED) is 0.843.